The van der Waals surface area contributed by atoms with E-state index in [1.165, 1.54) is 12.1 Å². The maximum atomic E-state index is 14.5. The normalized spacial score (nSPS) is 11.8. The minimum absolute atomic E-state index is 0.0411. The van der Waals surface area contributed by atoms with Crippen molar-refractivity contribution < 1.29 is 9.13 Å². The molecule has 0 amide bonds. The topological polar surface area (TPSA) is 67.9 Å². The first-order chi connectivity index (χ1) is 15.9. The summed E-state index contributed by atoms with van der Waals surface area (Å²) in [5.74, 6) is 0.899. The lowest BCUT2D eigenvalue weighted by Crippen LogP contribution is -2.27. The SMILES string of the molecule is CCCCC(CCC)c1nc(-c2ccc(C#N)c(F)c2)c(-c2ccc(OC)cc2)c(=O)n1C. The molecular formula is C27H30FN3O2. The molecular weight excluding hydrogens is 417 g/mol. The molecule has 0 fully saturated rings. The number of rotatable bonds is 9. The number of hydrogen-bond acceptors (Lipinski definition) is 4. The molecule has 1 atom stereocenters. The van der Waals surface area contributed by atoms with Crippen LogP contribution < -0.4 is 10.3 Å². The third-order valence-electron chi connectivity index (χ3n) is 5.98. The zero-order valence-corrected chi connectivity index (χ0v) is 19.7. The Hall–Kier alpha value is -3.46. The predicted octanol–water partition coefficient (Wildman–Crippen LogP) is 6.21. The Bertz CT molecular complexity index is 1210. The molecule has 0 saturated carbocycles. The highest BCUT2D eigenvalue weighted by Gasteiger charge is 2.23. The second-order valence-electron chi connectivity index (χ2n) is 8.22. The van der Waals surface area contributed by atoms with Crippen molar-refractivity contribution >= 4 is 0 Å². The molecule has 0 aliphatic heterocycles. The monoisotopic (exact) mass is 447 g/mol. The van der Waals surface area contributed by atoms with Gasteiger partial charge in [-0.2, -0.15) is 5.26 Å². The van der Waals surface area contributed by atoms with Crippen LogP contribution in [0.5, 0.6) is 5.75 Å². The standard InChI is InChI=1S/C27H30FN3O2/c1-5-7-9-19(8-6-2)26-30-25(20-10-11-21(17-29)23(28)16-20)24(27(32)31(26)3)18-12-14-22(33-4)15-13-18/h10-16,19H,5-9H2,1-4H3. The first kappa shape index (κ1) is 24.2. The van der Waals surface area contributed by atoms with Gasteiger partial charge in [-0.25, -0.2) is 9.37 Å². The van der Waals surface area contributed by atoms with Gasteiger partial charge in [0.25, 0.3) is 5.56 Å². The number of nitrogens with zero attached hydrogens (tertiary/aromatic N) is 3. The molecule has 33 heavy (non-hydrogen) atoms. The van der Waals surface area contributed by atoms with Crippen molar-refractivity contribution in [3.05, 3.63) is 70.0 Å². The van der Waals surface area contributed by atoms with E-state index < -0.39 is 5.82 Å². The fourth-order valence-corrected chi connectivity index (χ4v) is 4.16. The summed E-state index contributed by atoms with van der Waals surface area (Å²) < 4.78 is 21.4. The minimum atomic E-state index is -0.629. The Morgan fingerprint density at radius 1 is 1.09 bits per heavy atom. The molecule has 172 valence electrons. The van der Waals surface area contributed by atoms with Crippen molar-refractivity contribution in [2.75, 3.05) is 7.11 Å². The van der Waals surface area contributed by atoms with E-state index in [2.05, 4.69) is 13.8 Å². The van der Waals surface area contributed by atoms with Crippen LogP contribution in [0.25, 0.3) is 22.4 Å². The quantitative estimate of drug-likeness (QED) is 0.391. The lowest BCUT2D eigenvalue weighted by atomic mass is 9.94. The fourth-order valence-electron chi connectivity index (χ4n) is 4.16. The number of aromatic nitrogens is 2. The summed E-state index contributed by atoms with van der Waals surface area (Å²) in [5, 5.41) is 9.13. The molecule has 2 aromatic carbocycles. The summed E-state index contributed by atoms with van der Waals surface area (Å²) in [6.07, 6.45) is 4.94. The van der Waals surface area contributed by atoms with Crippen molar-refractivity contribution in [2.24, 2.45) is 7.05 Å². The van der Waals surface area contributed by atoms with Crippen molar-refractivity contribution in [1.82, 2.24) is 9.55 Å². The van der Waals surface area contributed by atoms with Crippen LogP contribution in [0, 0.1) is 17.1 Å². The Labute approximate surface area is 194 Å². The summed E-state index contributed by atoms with van der Waals surface area (Å²) in [6, 6.07) is 13.4. The molecule has 1 unspecified atom stereocenters. The van der Waals surface area contributed by atoms with E-state index in [1.54, 1.807) is 49.1 Å². The lowest BCUT2D eigenvalue weighted by molar-refractivity contribution is 0.415. The van der Waals surface area contributed by atoms with E-state index in [1.807, 2.05) is 6.07 Å². The van der Waals surface area contributed by atoms with Crippen LogP contribution in [0.4, 0.5) is 4.39 Å². The van der Waals surface area contributed by atoms with Gasteiger partial charge in [0.1, 0.15) is 23.5 Å². The zero-order valence-electron chi connectivity index (χ0n) is 19.7. The molecule has 0 saturated heterocycles. The number of nitriles is 1. The van der Waals surface area contributed by atoms with Gasteiger partial charge in [-0.15, -0.1) is 0 Å². The molecule has 0 radical (unpaired) electrons. The molecule has 0 bridgehead atoms. The van der Waals surface area contributed by atoms with Gasteiger partial charge >= 0.3 is 0 Å². The van der Waals surface area contributed by atoms with Crippen LogP contribution in [0.1, 0.15) is 63.3 Å². The van der Waals surface area contributed by atoms with E-state index in [0.717, 1.165) is 32.1 Å². The fraction of sp³-hybridized carbons (Fsp3) is 0.370. The third-order valence-corrected chi connectivity index (χ3v) is 5.98. The third kappa shape index (κ3) is 5.14. The Morgan fingerprint density at radius 3 is 2.36 bits per heavy atom. The van der Waals surface area contributed by atoms with E-state index >= 15 is 0 Å². The molecule has 3 rings (SSSR count). The molecule has 5 nitrogen and oxygen atoms in total. The molecule has 0 aliphatic rings. The average Bonchev–Trinajstić information content (AvgIpc) is 2.83. The maximum Gasteiger partial charge on any atom is 0.261 e. The number of unbranched alkanes of at least 4 members (excludes halogenated alkanes) is 1. The van der Waals surface area contributed by atoms with Crippen molar-refractivity contribution in [2.45, 2.75) is 51.9 Å². The maximum absolute atomic E-state index is 14.5. The van der Waals surface area contributed by atoms with Crippen molar-refractivity contribution in [1.29, 1.82) is 5.26 Å². The van der Waals surface area contributed by atoms with Gasteiger partial charge in [0.2, 0.25) is 0 Å². The van der Waals surface area contributed by atoms with Crippen molar-refractivity contribution in [3.63, 3.8) is 0 Å². The number of halogens is 1. The van der Waals surface area contributed by atoms with Gasteiger partial charge in [0.15, 0.2) is 0 Å². The molecule has 1 heterocycles. The predicted molar refractivity (Wildman–Crippen MR) is 129 cm³/mol. The van der Waals surface area contributed by atoms with Gasteiger partial charge in [0, 0.05) is 18.5 Å². The minimum Gasteiger partial charge on any atom is -0.497 e. The van der Waals surface area contributed by atoms with Crippen LogP contribution in [-0.4, -0.2) is 16.7 Å². The molecule has 3 aromatic rings. The largest absolute Gasteiger partial charge is 0.497 e. The second kappa shape index (κ2) is 10.9. The van der Waals surface area contributed by atoms with Crippen LogP contribution in [0.2, 0.25) is 0 Å². The molecule has 0 spiro atoms. The highest BCUT2D eigenvalue weighted by Crippen LogP contribution is 2.33. The molecule has 0 N–H and O–H groups in total. The highest BCUT2D eigenvalue weighted by molar-refractivity contribution is 5.80. The summed E-state index contributed by atoms with van der Waals surface area (Å²) in [5.41, 5.74) is 1.76. The van der Waals surface area contributed by atoms with Gasteiger partial charge in [-0.1, -0.05) is 51.3 Å². The summed E-state index contributed by atoms with van der Waals surface area (Å²) in [4.78, 5) is 18.6. The van der Waals surface area contributed by atoms with Crippen LogP contribution in [0.3, 0.4) is 0 Å². The Kier molecular flexibility index (Phi) is 8.00. The van der Waals surface area contributed by atoms with Crippen molar-refractivity contribution in [3.8, 4) is 34.2 Å². The van der Waals surface area contributed by atoms with E-state index in [9.17, 15) is 9.18 Å². The first-order valence-corrected chi connectivity index (χ1v) is 11.4. The molecule has 1 aromatic heterocycles. The van der Waals surface area contributed by atoms with E-state index in [4.69, 9.17) is 15.0 Å². The summed E-state index contributed by atoms with van der Waals surface area (Å²) in [6.45, 7) is 4.27. The Morgan fingerprint density at radius 2 is 1.79 bits per heavy atom. The van der Waals surface area contributed by atoms with Gasteiger partial charge in [0.05, 0.1) is 23.9 Å². The van der Waals surface area contributed by atoms with Gasteiger partial charge in [-0.05, 0) is 42.7 Å². The first-order valence-electron chi connectivity index (χ1n) is 11.4. The summed E-state index contributed by atoms with van der Waals surface area (Å²) >= 11 is 0. The molecule has 6 heteroatoms. The van der Waals surface area contributed by atoms with Crippen LogP contribution >= 0.6 is 0 Å². The summed E-state index contributed by atoms with van der Waals surface area (Å²) in [7, 11) is 3.34. The lowest BCUT2D eigenvalue weighted by Gasteiger charge is -2.21. The smallest absolute Gasteiger partial charge is 0.261 e. The van der Waals surface area contributed by atoms with Gasteiger partial charge < -0.3 is 4.74 Å². The zero-order chi connectivity index (χ0) is 24.0. The average molecular weight is 448 g/mol. The van der Waals surface area contributed by atoms with Gasteiger partial charge in [-0.3, -0.25) is 9.36 Å². The number of hydrogen-bond donors (Lipinski definition) is 0. The number of methoxy groups -OCH3 is 1. The van der Waals surface area contributed by atoms with Crippen LogP contribution in [0.15, 0.2) is 47.3 Å². The highest BCUT2D eigenvalue weighted by atomic mass is 19.1. The number of ether oxygens (including phenoxy) is 1. The second-order valence-corrected chi connectivity index (χ2v) is 8.22. The Balaban J connectivity index is 2.29. The number of benzene rings is 2. The van der Waals surface area contributed by atoms with E-state index in [0.29, 0.717) is 34.0 Å². The molecule has 0 aliphatic carbocycles. The van der Waals surface area contributed by atoms with Crippen LogP contribution in [-0.2, 0) is 7.05 Å². The van der Waals surface area contributed by atoms with E-state index in [-0.39, 0.29) is 17.0 Å².